The topological polar surface area (TPSA) is 21.3 Å². The lowest BCUT2D eigenvalue weighted by Gasteiger charge is -2.09. The van der Waals surface area contributed by atoms with Gasteiger partial charge in [0.15, 0.2) is 0 Å². The molecule has 0 radical (unpaired) electrons. The third-order valence-electron chi connectivity index (χ3n) is 4.22. The van der Waals surface area contributed by atoms with Gasteiger partial charge in [0, 0.05) is 18.7 Å². The monoisotopic (exact) mass is 325 g/mol. The van der Waals surface area contributed by atoms with Crippen molar-refractivity contribution in [1.29, 1.82) is 0 Å². The van der Waals surface area contributed by atoms with Gasteiger partial charge in [-0.25, -0.2) is 0 Å². The van der Waals surface area contributed by atoms with Crippen LogP contribution in [0.25, 0.3) is 0 Å². The van der Waals surface area contributed by atoms with Crippen molar-refractivity contribution in [3.05, 3.63) is 60.2 Å². The van der Waals surface area contributed by atoms with Crippen molar-refractivity contribution in [2.75, 3.05) is 18.5 Å². The standard InChI is InChI=1S/C22H31NO/c1-2-3-4-5-6-10-18-23-21-13-15-22(16-14-21)24-19-17-20-11-8-7-9-12-20/h7-9,11-16,23H,2-6,10,17-19H2,1H3. The average molecular weight is 325 g/mol. The molecule has 2 aromatic rings. The predicted octanol–water partition coefficient (Wildman–Crippen LogP) is 6.08. The molecule has 2 nitrogen and oxygen atoms in total. The molecule has 0 spiro atoms. The molecule has 0 aliphatic rings. The quantitative estimate of drug-likeness (QED) is 0.477. The third-order valence-corrected chi connectivity index (χ3v) is 4.22. The minimum Gasteiger partial charge on any atom is -0.493 e. The van der Waals surface area contributed by atoms with Crippen LogP contribution in [0.15, 0.2) is 54.6 Å². The Bertz CT molecular complexity index is 536. The highest BCUT2D eigenvalue weighted by Gasteiger charge is 1.97. The van der Waals surface area contributed by atoms with Gasteiger partial charge in [0.2, 0.25) is 0 Å². The van der Waals surface area contributed by atoms with Crippen molar-refractivity contribution in [1.82, 2.24) is 0 Å². The van der Waals surface area contributed by atoms with E-state index in [1.54, 1.807) is 0 Å². The van der Waals surface area contributed by atoms with Crippen LogP contribution in [0.5, 0.6) is 5.75 Å². The van der Waals surface area contributed by atoms with E-state index in [-0.39, 0.29) is 0 Å². The fourth-order valence-corrected chi connectivity index (χ4v) is 2.74. The molecular weight excluding hydrogens is 294 g/mol. The van der Waals surface area contributed by atoms with Crippen LogP contribution in [-0.4, -0.2) is 13.2 Å². The maximum atomic E-state index is 5.82. The van der Waals surface area contributed by atoms with Gasteiger partial charge in [-0.2, -0.15) is 0 Å². The third kappa shape index (κ3) is 7.54. The van der Waals surface area contributed by atoms with Crippen LogP contribution in [0.4, 0.5) is 5.69 Å². The summed E-state index contributed by atoms with van der Waals surface area (Å²) in [5, 5.41) is 3.49. The van der Waals surface area contributed by atoms with E-state index < -0.39 is 0 Å². The molecule has 0 atom stereocenters. The Hall–Kier alpha value is -1.96. The second kappa shape index (κ2) is 11.6. The van der Waals surface area contributed by atoms with Crippen LogP contribution in [-0.2, 0) is 6.42 Å². The first-order valence-electron chi connectivity index (χ1n) is 9.39. The van der Waals surface area contributed by atoms with Crippen molar-refractivity contribution in [2.45, 2.75) is 51.9 Å². The first-order chi connectivity index (χ1) is 11.9. The molecule has 0 saturated heterocycles. The Morgan fingerprint density at radius 1 is 0.792 bits per heavy atom. The summed E-state index contributed by atoms with van der Waals surface area (Å²) in [5.74, 6) is 0.941. The maximum absolute atomic E-state index is 5.82. The van der Waals surface area contributed by atoms with Gasteiger partial charge >= 0.3 is 0 Å². The molecule has 0 aliphatic carbocycles. The van der Waals surface area contributed by atoms with E-state index in [1.807, 2.05) is 6.07 Å². The fraction of sp³-hybridized carbons (Fsp3) is 0.455. The van der Waals surface area contributed by atoms with Crippen LogP contribution in [0.3, 0.4) is 0 Å². The van der Waals surface area contributed by atoms with Crippen LogP contribution in [0.2, 0.25) is 0 Å². The molecule has 130 valence electrons. The first kappa shape index (κ1) is 18.4. The van der Waals surface area contributed by atoms with E-state index >= 15 is 0 Å². The van der Waals surface area contributed by atoms with Gasteiger partial charge in [-0.3, -0.25) is 0 Å². The maximum Gasteiger partial charge on any atom is 0.119 e. The smallest absolute Gasteiger partial charge is 0.119 e. The summed E-state index contributed by atoms with van der Waals surface area (Å²) in [7, 11) is 0. The van der Waals surface area contributed by atoms with Gasteiger partial charge in [-0.05, 0) is 36.2 Å². The van der Waals surface area contributed by atoms with Crippen LogP contribution in [0.1, 0.15) is 51.0 Å². The van der Waals surface area contributed by atoms with Gasteiger partial charge in [0.25, 0.3) is 0 Å². The van der Waals surface area contributed by atoms with Crippen LogP contribution < -0.4 is 10.1 Å². The van der Waals surface area contributed by atoms with E-state index in [4.69, 9.17) is 4.74 Å². The van der Waals surface area contributed by atoms with E-state index in [0.29, 0.717) is 6.61 Å². The second-order valence-corrected chi connectivity index (χ2v) is 6.30. The molecule has 0 fully saturated rings. The zero-order valence-electron chi connectivity index (χ0n) is 15.0. The van der Waals surface area contributed by atoms with Crippen molar-refractivity contribution in [2.24, 2.45) is 0 Å². The summed E-state index contributed by atoms with van der Waals surface area (Å²) < 4.78 is 5.82. The highest BCUT2D eigenvalue weighted by Crippen LogP contribution is 2.16. The fourth-order valence-electron chi connectivity index (χ4n) is 2.74. The van der Waals surface area contributed by atoms with Crippen molar-refractivity contribution >= 4 is 5.69 Å². The summed E-state index contributed by atoms with van der Waals surface area (Å²) in [5.41, 5.74) is 2.49. The Kier molecular flexibility index (Phi) is 8.85. The summed E-state index contributed by atoms with van der Waals surface area (Å²) >= 11 is 0. The molecule has 0 amide bonds. The zero-order valence-corrected chi connectivity index (χ0v) is 15.0. The van der Waals surface area contributed by atoms with Gasteiger partial charge in [-0.1, -0.05) is 69.4 Å². The lowest BCUT2D eigenvalue weighted by molar-refractivity contribution is 0.322. The number of anilines is 1. The number of hydrogen-bond acceptors (Lipinski definition) is 2. The van der Waals surface area contributed by atoms with Gasteiger partial charge < -0.3 is 10.1 Å². The van der Waals surface area contributed by atoms with Crippen LogP contribution in [0, 0.1) is 0 Å². The lowest BCUT2D eigenvalue weighted by atomic mass is 10.1. The summed E-state index contributed by atoms with van der Waals surface area (Å²) in [4.78, 5) is 0. The van der Waals surface area contributed by atoms with E-state index in [2.05, 4.69) is 60.8 Å². The molecule has 0 unspecified atom stereocenters. The molecule has 0 saturated carbocycles. The van der Waals surface area contributed by atoms with Crippen molar-refractivity contribution in [3.8, 4) is 5.75 Å². The summed E-state index contributed by atoms with van der Waals surface area (Å²) in [6, 6.07) is 18.8. The number of ether oxygens (including phenoxy) is 1. The molecule has 0 heterocycles. The average Bonchev–Trinajstić information content (AvgIpc) is 2.63. The predicted molar refractivity (Wildman–Crippen MR) is 104 cm³/mol. The molecule has 24 heavy (non-hydrogen) atoms. The lowest BCUT2D eigenvalue weighted by Crippen LogP contribution is -2.03. The number of benzene rings is 2. The van der Waals surface area contributed by atoms with Crippen LogP contribution >= 0.6 is 0 Å². The Labute approximate surface area is 147 Å². The summed E-state index contributed by atoms with van der Waals surface area (Å²) in [6.45, 7) is 4.03. The largest absolute Gasteiger partial charge is 0.493 e. The Balaban J connectivity index is 1.58. The Morgan fingerprint density at radius 3 is 2.25 bits per heavy atom. The molecular formula is C22H31NO. The van der Waals surface area contributed by atoms with E-state index in [9.17, 15) is 0 Å². The van der Waals surface area contributed by atoms with Gasteiger partial charge in [-0.15, -0.1) is 0 Å². The van der Waals surface area contributed by atoms with Crippen molar-refractivity contribution in [3.63, 3.8) is 0 Å². The van der Waals surface area contributed by atoms with Gasteiger partial charge in [0.05, 0.1) is 6.61 Å². The highest BCUT2D eigenvalue weighted by molar-refractivity contribution is 5.46. The molecule has 1 N–H and O–H groups in total. The molecule has 2 heteroatoms. The molecule has 0 bridgehead atoms. The number of hydrogen-bond donors (Lipinski definition) is 1. The highest BCUT2D eigenvalue weighted by atomic mass is 16.5. The van der Waals surface area contributed by atoms with Crippen molar-refractivity contribution < 1.29 is 4.74 Å². The summed E-state index contributed by atoms with van der Waals surface area (Å²) in [6.07, 6.45) is 8.96. The minimum absolute atomic E-state index is 0.717. The molecule has 2 rings (SSSR count). The minimum atomic E-state index is 0.717. The first-order valence-corrected chi connectivity index (χ1v) is 9.39. The zero-order chi connectivity index (χ0) is 16.9. The molecule has 2 aromatic carbocycles. The number of rotatable bonds is 12. The SMILES string of the molecule is CCCCCCCCNc1ccc(OCCc2ccccc2)cc1. The second-order valence-electron chi connectivity index (χ2n) is 6.30. The number of unbranched alkanes of at least 4 members (excludes halogenated alkanes) is 5. The number of nitrogens with one attached hydrogen (secondary N) is 1. The Morgan fingerprint density at radius 2 is 1.50 bits per heavy atom. The van der Waals surface area contributed by atoms with E-state index in [1.165, 1.54) is 49.8 Å². The molecule has 0 aromatic heterocycles. The van der Waals surface area contributed by atoms with E-state index in [0.717, 1.165) is 18.7 Å². The molecule has 0 aliphatic heterocycles. The van der Waals surface area contributed by atoms with Gasteiger partial charge in [0.1, 0.15) is 5.75 Å². The normalized spacial score (nSPS) is 10.5.